The number of nitrogens with one attached hydrogen (secondary N) is 2. The van der Waals surface area contributed by atoms with Gasteiger partial charge in [0.2, 0.25) is 5.91 Å². The van der Waals surface area contributed by atoms with Crippen LogP contribution in [-0.2, 0) is 14.4 Å². The van der Waals surface area contributed by atoms with E-state index in [-0.39, 0.29) is 23.6 Å². The molecule has 7 heteroatoms. The van der Waals surface area contributed by atoms with Gasteiger partial charge in [-0.15, -0.1) is 0 Å². The van der Waals surface area contributed by atoms with E-state index in [9.17, 15) is 19.2 Å². The number of benzene rings is 2. The fourth-order valence-electron chi connectivity index (χ4n) is 3.44. The van der Waals surface area contributed by atoms with Crippen LogP contribution < -0.4 is 15.4 Å². The van der Waals surface area contributed by atoms with Crippen LogP contribution in [0.1, 0.15) is 55.8 Å². The molecule has 1 aliphatic carbocycles. The number of amides is 2. The molecule has 0 unspecified atom stereocenters. The second-order valence-corrected chi connectivity index (χ2v) is 7.97. The maximum atomic E-state index is 12.4. The van der Waals surface area contributed by atoms with Crippen LogP contribution in [0.2, 0.25) is 0 Å². The van der Waals surface area contributed by atoms with Gasteiger partial charge in [0.25, 0.3) is 5.91 Å². The van der Waals surface area contributed by atoms with Crippen molar-refractivity contribution < 1.29 is 23.9 Å². The van der Waals surface area contributed by atoms with E-state index in [1.807, 2.05) is 18.2 Å². The molecule has 0 saturated carbocycles. The summed E-state index contributed by atoms with van der Waals surface area (Å²) in [5, 5.41) is 5.42. The highest BCUT2D eigenvalue weighted by Crippen LogP contribution is 2.19. The molecule has 0 spiro atoms. The number of rotatable bonds is 10. The Morgan fingerprint density at radius 1 is 0.941 bits per heavy atom. The van der Waals surface area contributed by atoms with Crippen LogP contribution in [0.4, 0.5) is 11.4 Å². The molecule has 176 valence electrons. The van der Waals surface area contributed by atoms with E-state index in [1.54, 1.807) is 48.5 Å². The van der Waals surface area contributed by atoms with Gasteiger partial charge >= 0.3 is 5.97 Å². The predicted molar refractivity (Wildman–Crippen MR) is 131 cm³/mol. The molecule has 7 nitrogen and oxygen atoms in total. The van der Waals surface area contributed by atoms with Gasteiger partial charge in [-0.05, 0) is 79.8 Å². The molecular weight excluding hydrogens is 432 g/mol. The quantitative estimate of drug-likeness (QED) is 0.219. The summed E-state index contributed by atoms with van der Waals surface area (Å²) < 4.78 is 5.34. The molecular formula is C27H28N2O5. The van der Waals surface area contributed by atoms with Crippen LogP contribution in [0, 0.1) is 0 Å². The van der Waals surface area contributed by atoms with Crippen molar-refractivity contribution in [1.82, 2.24) is 0 Å². The van der Waals surface area contributed by atoms with Gasteiger partial charge in [-0.25, -0.2) is 0 Å². The third-order valence-corrected chi connectivity index (χ3v) is 5.19. The van der Waals surface area contributed by atoms with Gasteiger partial charge in [0.1, 0.15) is 5.75 Å². The van der Waals surface area contributed by atoms with E-state index in [4.69, 9.17) is 4.74 Å². The van der Waals surface area contributed by atoms with Crippen molar-refractivity contribution >= 4 is 34.9 Å². The lowest BCUT2D eigenvalue weighted by Crippen LogP contribution is -2.12. The van der Waals surface area contributed by atoms with Crippen molar-refractivity contribution in [3.8, 4) is 5.75 Å². The number of carbonyl (C=O) groups is 4. The first-order chi connectivity index (χ1) is 16.4. The Kier molecular flexibility index (Phi) is 8.91. The van der Waals surface area contributed by atoms with Crippen LogP contribution in [0.25, 0.3) is 0 Å². The summed E-state index contributed by atoms with van der Waals surface area (Å²) in [6.07, 6.45) is 9.79. The zero-order chi connectivity index (χ0) is 24.3. The first kappa shape index (κ1) is 24.6. The van der Waals surface area contributed by atoms with Crippen LogP contribution in [-0.4, -0.2) is 23.6 Å². The third-order valence-electron chi connectivity index (χ3n) is 5.19. The van der Waals surface area contributed by atoms with Crippen molar-refractivity contribution in [3.63, 3.8) is 0 Å². The Morgan fingerprint density at radius 2 is 1.62 bits per heavy atom. The monoisotopic (exact) mass is 460 g/mol. The lowest BCUT2D eigenvalue weighted by atomic mass is 10.1. The normalized spacial score (nSPS) is 13.0. The first-order valence-electron chi connectivity index (χ1n) is 11.3. The summed E-state index contributed by atoms with van der Waals surface area (Å²) >= 11 is 0. The number of esters is 1. The zero-order valence-corrected chi connectivity index (χ0v) is 19.1. The molecule has 2 aromatic carbocycles. The zero-order valence-electron chi connectivity index (χ0n) is 19.1. The molecule has 0 bridgehead atoms. The minimum Gasteiger partial charge on any atom is -0.427 e. The average Bonchev–Trinajstić information content (AvgIpc) is 3.22. The minimum atomic E-state index is -0.321. The molecule has 34 heavy (non-hydrogen) atoms. The third kappa shape index (κ3) is 7.85. The van der Waals surface area contributed by atoms with Crippen LogP contribution >= 0.6 is 0 Å². The fraction of sp³-hybridized carbons (Fsp3) is 0.259. The summed E-state index contributed by atoms with van der Waals surface area (Å²) in [5.74, 6) is -0.152. The molecule has 0 radical (unpaired) electrons. The van der Waals surface area contributed by atoms with E-state index < -0.39 is 0 Å². The number of hydrogen-bond acceptors (Lipinski definition) is 5. The second kappa shape index (κ2) is 12.3. The molecule has 0 aromatic heterocycles. The SMILES string of the molecule is CC(=O)Nc1ccc(C(=O)Nc2ccc(OC(=O)CCCC=CCC3=CCCC3=O)cc2)cc1. The number of anilines is 2. The summed E-state index contributed by atoms with van der Waals surface area (Å²) in [5.41, 5.74) is 2.52. The lowest BCUT2D eigenvalue weighted by Gasteiger charge is -2.08. The van der Waals surface area contributed by atoms with Gasteiger partial charge in [0.15, 0.2) is 5.78 Å². The number of hydrogen-bond donors (Lipinski definition) is 2. The van der Waals surface area contributed by atoms with Crippen molar-refractivity contribution in [1.29, 1.82) is 0 Å². The summed E-state index contributed by atoms with van der Waals surface area (Å²) in [7, 11) is 0. The van der Waals surface area contributed by atoms with Crippen molar-refractivity contribution in [3.05, 3.63) is 77.9 Å². The first-order valence-corrected chi connectivity index (χ1v) is 11.3. The van der Waals surface area contributed by atoms with Crippen LogP contribution in [0.5, 0.6) is 5.75 Å². The van der Waals surface area contributed by atoms with Crippen molar-refractivity contribution in [2.24, 2.45) is 0 Å². The molecule has 3 rings (SSSR count). The maximum Gasteiger partial charge on any atom is 0.311 e. The van der Waals surface area contributed by atoms with Crippen LogP contribution in [0.15, 0.2) is 72.3 Å². The Labute approximate surface area is 198 Å². The van der Waals surface area contributed by atoms with E-state index in [1.165, 1.54) is 6.92 Å². The van der Waals surface area contributed by atoms with Gasteiger partial charge in [-0.2, -0.15) is 0 Å². The number of ketones is 1. The number of ether oxygens (including phenoxy) is 1. The molecule has 2 N–H and O–H groups in total. The second-order valence-electron chi connectivity index (χ2n) is 7.97. The molecule has 1 aliphatic rings. The Morgan fingerprint density at radius 3 is 2.26 bits per heavy atom. The average molecular weight is 461 g/mol. The Hall–Kier alpha value is -4.00. The molecule has 0 fully saturated rings. The highest BCUT2D eigenvalue weighted by molar-refractivity contribution is 6.04. The number of unbranched alkanes of at least 4 members (excludes halogenated alkanes) is 1. The Balaban J connectivity index is 1.38. The van der Waals surface area contributed by atoms with Crippen molar-refractivity contribution in [2.45, 2.75) is 45.4 Å². The highest BCUT2D eigenvalue weighted by Gasteiger charge is 2.12. The standard InChI is InChI=1S/C27H28N2O5/c1-19(30)28-22-13-11-21(12-14-22)27(33)29-23-15-17-24(18-16-23)34-26(32)10-5-3-2-4-7-20-8-6-9-25(20)31/h2,4,8,11-18H,3,5-7,9-10H2,1H3,(H,28,30)(H,29,33). The van der Waals surface area contributed by atoms with E-state index in [0.29, 0.717) is 48.4 Å². The highest BCUT2D eigenvalue weighted by atomic mass is 16.5. The van der Waals surface area contributed by atoms with E-state index in [2.05, 4.69) is 10.6 Å². The molecule has 0 saturated heterocycles. The Bertz CT molecular complexity index is 1100. The maximum absolute atomic E-state index is 12.4. The molecule has 2 aromatic rings. The lowest BCUT2D eigenvalue weighted by molar-refractivity contribution is -0.134. The summed E-state index contributed by atoms with van der Waals surface area (Å²) in [6.45, 7) is 1.42. The molecule has 0 aliphatic heterocycles. The molecule has 0 atom stereocenters. The van der Waals surface area contributed by atoms with Gasteiger partial charge < -0.3 is 15.4 Å². The van der Waals surface area contributed by atoms with E-state index >= 15 is 0 Å². The van der Waals surface area contributed by atoms with Gasteiger partial charge in [-0.3, -0.25) is 19.2 Å². The van der Waals surface area contributed by atoms with Gasteiger partial charge in [-0.1, -0.05) is 18.2 Å². The molecule has 0 heterocycles. The largest absolute Gasteiger partial charge is 0.427 e. The summed E-state index contributed by atoms with van der Waals surface area (Å²) in [6, 6.07) is 13.1. The number of allylic oxidation sites excluding steroid dienone is 4. The predicted octanol–water partition coefficient (Wildman–Crippen LogP) is 5.21. The fourth-order valence-corrected chi connectivity index (χ4v) is 3.44. The van der Waals surface area contributed by atoms with Crippen LogP contribution in [0.3, 0.4) is 0 Å². The summed E-state index contributed by atoms with van der Waals surface area (Å²) in [4.78, 5) is 47.0. The van der Waals surface area contributed by atoms with Crippen molar-refractivity contribution in [2.75, 3.05) is 10.6 Å². The topological polar surface area (TPSA) is 102 Å². The number of Topliss-reactive ketones (excluding diaryl/α,β-unsaturated/α-hetero) is 1. The van der Waals surface area contributed by atoms with Gasteiger partial charge in [0.05, 0.1) is 0 Å². The smallest absolute Gasteiger partial charge is 0.311 e. The number of carbonyl (C=O) groups excluding carboxylic acids is 4. The minimum absolute atomic E-state index is 0.179. The van der Waals surface area contributed by atoms with Gasteiger partial charge in [0, 0.05) is 36.7 Å². The molecule has 2 amide bonds. The van der Waals surface area contributed by atoms with E-state index in [0.717, 1.165) is 18.4 Å².